The van der Waals surface area contributed by atoms with E-state index in [-0.39, 0.29) is 11.0 Å². The van der Waals surface area contributed by atoms with Gasteiger partial charge in [-0.05, 0) is 37.0 Å². The van der Waals surface area contributed by atoms with Crippen LogP contribution in [0.5, 0.6) is 0 Å². The Kier molecular flexibility index (Phi) is 3.35. The maximum Gasteiger partial charge on any atom is 0.335 e. The molecule has 0 atom stereocenters. The van der Waals surface area contributed by atoms with Gasteiger partial charge in [-0.2, -0.15) is 0 Å². The number of aryl methyl sites for hydroxylation is 1. The molecule has 1 aromatic heterocycles. The fourth-order valence-corrected chi connectivity index (χ4v) is 2.12. The van der Waals surface area contributed by atoms with Crippen LogP contribution in [-0.4, -0.2) is 20.6 Å². The Morgan fingerprint density at radius 2 is 2.11 bits per heavy atom. The lowest BCUT2D eigenvalue weighted by Crippen LogP contribution is -2.19. The van der Waals surface area contributed by atoms with E-state index in [0.717, 1.165) is 29.8 Å². The van der Waals surface area contributed by atoms with Gasteiger partial charge in [-0.1, -0.05) is 20.8 Å². The van der Waals surface area contributed by atoms with Crippen LogP contribution >= 0.6 is 0 Å². The molecule has 0 spiro atoms. The molecule has 1 N–H and O–H groups in total. The minimum atomic E-state index is -0.914. The lowest BCUT2D eigenvalue weighted by molar-refractivity contribution is 0.0697. The van der Waals surface area contributed by atoms with Crippen LogP contribution in [-0.2, 0) is 6.54 Å². The highest BCUT2D eigenvalue weighted by Gasteiger charge is 2.19. The van der Waals surface area contributed by atoms with E-state index in [4.69, 9.17) is 5.11 Å². The summed E-state index contributed by atoms with van der Waals surface area (Å²) < 4.78 is 2.17. The predicted octanol–water partition coefficient (Wildman–Crippen LogP) is 3.48. The van der Waals surface area contributed by atoms with E-state index in [0.29, 0.717) is 0 Å². The van der Waals surface area contributed by atoms with Crippen molar-refractivity contribution < 1.29 is 9.90 Å². The minimum absolute atomic E-state index is 0.198. The highest BCUT2D eigenvalue weighted by molar-refractivity contribution is 5.92. The quantitative estimate of drug-likeness (QED) is 0.915. The third-order valence-electron chi connectivity index (χ3n) is 3.73. The number of benzene rings is 1. The highest BCUT2D eigenvalue weighted by Crippen LogP contribution is 2.26. The second kappa shape index (κ2) is 4.68. The topological polar surface area (TPSA) is 55.1 Å². The fourth-order valence-electron chi connectivity index (χ4n) is 2.12. The van der Waals surface area contributed by atoms with Gasteiger partial charge >= 0.3 is 5.97 Å². The Labute approximate surface area is 113 Å². The van der Waals surface area contributed by atoms with Crippen molar-refractivity contribution in [2.45, 2.75) is 40.7 Å². The Morgan fingerprint density at radius 1 is 1.42 bits per heavy atom. The first-order valence-electron chi connectivity index (χ1n) is 6.54. The molecule has 0 amide bonds. The number of nitrogens with zero attached hydrogens (tertiary/aromatic N) is 2. The molecule has 2 rings (SSSR count). The molecule has 0 bridgehead atoms. The number of fused-ring (bicyclic) bond motifs is 1. The summed E-state index contributed by atoms with van der Waals surface area (Å²) in [5.41, 5.74) is 2.24. The van der Waals surface area contributed by atoms with Crippen LogP contribution in [0.2, 0.25) is 0 Å². The van der Waals surface area contributed by atoms with Crippen LogP contribution in [0.3, 0.4) is 0 Å². The highest BCUT2D eigenvalue weighted by atomic mass is 16.4. The van der Waals surface area contributed by atoms with Crippen LogP contribution in [0, 0.1) is 12.3 Å². The first kappa shape index (κ1) is 13.6. The molecule has 0 saturated heterocycles. The number of hydrogen-bond donors (Lipinski definition) is 1. The SMILES string of the molecule is CCC(C)(C)Cn1c(C)nc2cc(C(=O)O)ccc21. The van der Waals surface area contributed by atoms with E-state index in [1.165, 1.54) is 0 Å². The monoisotopic (exact) mass is 260 g/mol. The predicted molar refractivity (Wildman–Crippen MR) is 75.5 cm³/mol. The summed E-state index contributed by atoms with van der Waals surface area (Å²) >= 11 is 0. The maximum absolute atomic E-state index is 11.0. The van der Waals surface area contributed by atoms with Crippen molar-refractivity contribution in [3.63, 3.8) is 0 Å². The second-order valence-electron chi connectivity index (χ2n) is 5.77. The minimum Gasteiger partial charge on any atom is -0.478 e. The standard InChI is InChI=1S/C15H20N2O2/c1-5-15(3,4)9-17-10(2)16-12-8-11(14(18)19)6-7-13(12)17/h6-8H,5,9H2,1-4H3,(H,18,19). The zero-order chi connectivity index (χ0) is 14.2. The molecule has 1 aromatic carbocycles. The number of carbonyl (C=O) groups is 1. The van der Waals surface area contributed by atoms with E-state index in [1.807, 2.05) is 13.0 Å². The van der Waals surface area contributed by atoms with Gasteiger partial charge in [0, 0.05) is 6.54 Å². The van der Waals surface area contributed by atoms with E-state index in [1.54, 1.807) is 12.1 Å². The largest absolute Gasteiger partial charge is 0.478 e. The van der Waals surface area contributed by atoms with Gasteiger partial charge in [0.05, 0.1) is 16.6 Å². The summed E-state index contributed by atoms with van der Waals surface area (Å²) in [6.45, 7) is 9.48. The van der Waals surface area contributed by atoms with Gasteiger partial charge in [-0.25, -0.2) is 9.78 Å². The van der Waals surface area contributed by atoms with Crippen molar-refractivity contribution >= 4 is 17.0 Å². The molecule has 0 unspecified atom stereocenters. The van der Waals surface area contributed by atoms with Gasteiger partial charge in [0.2, 0.25) is 0 Å². The van der Waals surface area contributed by atoms with Gasteiger partial charge in [-0.15, -0.1) is 0 Å². The normalized spacial score (nSPS) is 12.0. The Bertz CT molecular complexity index is 626. The van der Waals surface area contributed by atoms with Crippen molar-refractivity contribution in [1.82, 2.24) is 9.55 Å². The third kappa shape index (κ3) is 2.62. The van der Waals surface area contributed by atoms with Crippen LogP contribution in [0.1, 0.15) is 43.4 Å². The molecule has 0 aliphatic heterocycles. The molecule has 1 heterocycles. The summed E-state index contributed by atoms with van der Waals surface area (Å²) in [4.78, 5) is 15.5. The average molecular weight is 260 g/mol. The zero-order valence-electron chi connectivity index (χ0n) is 11.9. The van der Waals surface area contributed by atoms with Crippen molar-refractivity contribution in [3.8, 4) is 0 Å². The molecule has 19 heavy (non-hydrogen) atoms. The number of hydrogen-bond acceptors (Lipinski definition) is 2. The third-order valence-corrected chi connectivity index (χ3v) is 3.73. The summed E-state index contributed by atoms with van der Waals surface area (Å²) in [6, 6.07) is 5.13. The van der Waals surface area contributed by atoms with Gasteiger partial charge in [0.1, 0.15) is 5.82 Å². The molecule has 0 aliphatic rings. The number of carboxylic acids is 1. The Hall–Kier alpha value is -1.84. The molecule has 102 valence electrons. The van der Waals surface area contributed by atoms with E-state index in [9.17, 15) is 4.79 Å². The van der Waals surface area contributed by atoms with Crippen molar-refractivity contribution in [1.29, 1.82) is 0 Å². The van der Waals surface area contributed by atoms with E-state index >= 15 is 0 Å². The van der Waals surface area contributed by atoms with E-state index in [2.05, 4.69) is 30.3 Å². The molecule has 0 fully saturated rings. The van der Waals surface area contributed by atoms with Gasteiger partial charge in [0.15, 0.2) is 0 Å². The second-order valence-corrected chi connectivity index (χ2v) is 5.77. The van der Waals surface area contributed by atoms with Crippen molar-refractivity contribution in [2.75, 3.05) is 0 Å². The summed E-state index contributed by atoms with van der Waals surface area (Å²) in [5, 5.41) is 9.01. The van der Waals surface area contributed by atoms with Gasteiger partial charge < -0.3 is 9.67 Å². The van der Waals surface area contributed by atoms with Crippen LogP contribution in [0.15, 0.2) is 18.2 Å². The number of imidazole rings is 1. The average Bonchev–Trinajstić information content (AvgIpc) is 2.65. The van der Waals surface area contributed by atoms with Crippen LogP contribution in [0.25, 0.3) is 11.0 Å². The molecule has 2 aromatic rings. The lowest BCUT2D eigenvalue weighted by atomic mass is 9.90. The first-order chi connectivity index (χ1) is 8.84. The van der Waals surface area contributed by atoms with Crippen LogP contribution in [0.4, 0.5) is 0 Å². The van der Waals surface area contributed by atoms with Crippen molar-refractivity contribution in [2.24, 2.45) is 5.41 Å². The van der Waals surface area contributed by atoms with Gasteiger partial charge in [-0.3, -0.25) is 0 Å². The number of aromatic carboxylic acids is 1. The zero-order valence-corrected chi connectivity index (χ0v) is 11.9. The van der Waals surface area contributed by atoms with Crippen molar-refractivity contribution in [3.05, 3.63) is 29.6 Å². The molecule has 4 nitrogen and oxygen atoms in total. The maximum atomic E-state index is 11.0. The molecule has 0 aliphatic carbocycles. The Balaban J connectivity index is 2.51. The smallest absolute Gasteiger partial charge is 0.335 e. The molecular weight excluding hydrogens is 240 g/mol. The number of rotatable bonds is 4. The summed E-state index contributed by atoms with van der Waals surface area (Å²) in [5.74, 6) is 0.0158. The fraction of sp³-hybridized carbons (Fsp3) is 0.467. The molecule has 0 radical (unpaired) electrons. The molecule has 4 heteroatoms. The van der Waals surface area contributed by atoms with E-state index < -0.39 is 5.97 Å². The van der Waals surface area contributed by atoms with Crippen LogP contribution < -0.4 is 0 Å². The Morgan fingerprint density at radius 3 is 2.68 bits per heavy atom. The van der Waals surface area contributed by atoms with Gasteiger partial charge in [0.25, 0.3) is 0 Å². The summed E-state index contributed by atoms with van der Waals surface area (Å²) in [6.07, 6.45) is 1.08. The lowest BCUT2D eigenvalue weighted by Gasteiger charge is -2.24. The molecule has 0 saturated carbocycles. The number of aromatic nitrogens is 2. The number of carboxylic acid groups (broad SMARTS) is 1. The first-order valence-corrected chi connectivity index (χ1v) is 6.54. The summed E-state index contributed by atoms with van der Waals surface area (Å²) in [7, 11) is 0. The molecular formula is C15H20N2O2.